The van der Waals surface area contributed by atoms with Gasteiger partial charge < -0.3 is 10.6 Å². The molecule has 2 aromatic rings. The summed E-state index contributed by atoms with van der Waals surface area (Å²) in [6, 6.07) is 9.44. The van der Waals surface area contributed by atoms with Crippen LogP contribution >= 0.6 is 23.8 Å². The number of halogens is 1. The number of benzene rings is 1. The van der Waals surface area contributed by atoms with Crippen molar-refractivity contribution in [3.8, 4) is 0 Å². The summed E-state index contributed by atoms with van der Waals surface area (Å²) < 4.78 is 0. The maximum Gasteiger partial charge on any atom is 0.228 e. The molecule has 2 rings (SSSR count). The molecule has 1 aromatic heterocycles. The zero-order valence-electron chi connectivity index (χ0n) is 10.3. The molecule has 1 heterocycles. The summed E-state index contributed by atoms with van der Waals surface area (Å²) in [5, 5.41) is 7.28. The van der Waals surface area contributed by atoms with Crippen LogP contribution in [-0.2, 0) is 0 Å². The fraction of sp³-hybridized carbons (Fsp3) is 0.154. The number of nitrogens with one attached hydrogen (secondary N) is 2. The number of thiocarbonyl (C=S) groups is 1. The Morgan fingerprint density at radius 1 is 1.21 bits per heavy atom. The summed E-state index contributed by atoms with van der Waals surface area (Å²) in [6.45, 7) is 2.02. The van der Waals surface area contributed by atoms with Crippen molar-refractivity contribution in [2.24, 2.45) is 0 Å². The summed E-state index contributed by atoms with van der Waals surface area (Å²) >= 11 is 11.1. The smallest absolute Gasteiger partial charge is 0.228 e. The Labute approximate surface area is 122 Å². The van der Waals surface area contributed by atoms with Crippen molar-refractivity contribution in [3.05, 3.63) is 53.3 Å². The minimum Gasteiger partial charge on any atom is -0.356 e. The van der Waals surface area contributed by atoms with Crippen LogP contribution in [0, 0.1) is 0 Å². The third kappa shape index (κ3) is 4.15. The van der Waals surface area contributed by atoms with Crippen LogP contribution < -0.4 is 10.6 Å². The Bertz CT molecular complexity index is 544. The summed E-state index contributed by atoms with van der Waals surface area (Å²) in [7, 11) is 0. The van der Waals surface area contributed by atoms with Gasteiger partial charge in [-0.1, -0.05) is 23.7 Å². The molecule has 0 fully saturated rings. The first-order chi connectivity index (χ1) is 9.15. The molecule has 0 aliphatic carbocycles. The lowest BCUT2D eigenvalue weighted by atomic mass is 10.1. The van der Waals surface area contributed by atoms with Gasteiger partial charge in [0.15, 0.2) is 5.11 Å². The predicted octanol–water partition coefficient (Wildman–Crippen LogP) is 3.18. The van der Waals surface area contributed by atoms with Crippen LogP contribution in [0.15, 0.2) is 42.7 Å². The van der Waals surface area contributed by atoms with Crippen molar-refractivity contribution in [2.75, 3.05) is 5.32 Å². The molecule has 98 valence electrons. The van der Waals surface area contributed by atoms with Crippen molar-refractivity contribution in [1.82, 2.24) is 15.3 Å². The van der Waals surface area contributed by atoms with E-state index in [1.54, 1.807) is 18.5 Å². The average molecular weight is 293 g/mol. The molecular weight excluding hydrogens is 280 g/mol. The Balaban J connectivity index is 1.93. The fourth-order valence-corrected chi connectivity index (χ4v) is 1.93. The third-order valence-corrected chi connectivity index (χ3v) is 2.98. The van der Waals surface area contributed by atoms with E-state index in [-0.39, 0.29) is 6.04 Å². The first kappa shape index (κ1) is 13.7. The molecule has 0 radical (unpaired) electrons. The molecule has 0 amide bonds. The Kier molecular flexibility index (Phi) is 4.65. The van der Waals surface area contributed by atoms with Crippen LogP contribution in [0.1, 0.15) is 18.5 Å². The number of rotatable bonds is 3. The summed E-state index contributed by atoms with van der Waals surface area (Å²) in [6.07, 6.45) is 3.31. The molecule has 1 aromatic carbocycles. The molecule has 0 bridgehead atoms. The lowest BCUT2D eigenvalue weighted by molar-refractivity contribution is 0.722. The molecule has 0 saturated carbocycles. The molecule has 1 atom stereocenters. The van der Waals surface area contributed by atoms with Gasteiger partial charge in [0.05, 0.1) is 6.04 Å². The monoisotopic (exact) mass is 292 g/mol. The first-order valence-electron chi connectivity index (χ1n) is 5.75. The number of nitrogens with zero attached hydrogens (tertiary/aromatic N) is 2. The summed E-state index contributed by atoms with van der Waals surface area (Å²) in [4.78, 5) is 8.09. The third-order valence-electron chi connectivity index (χ3n) is 2.51. The van der Waals surface area contributed by atoms with E-state index in [2.05, 4.69) is 20.6 Å². The Hall–Kier alpha value is -1.72. The quantitative estimate of drug-likeness (QED) is 0.851. The highest BCUT2D eigenvalue weighted by Gasteiger charge is 2.07. The van der Waals surface area contributed by atoms with Gasteiger partial charge in [0.1, 0.15) is 0 Å². The maximum absolute atomic E-state index is 5.85. The van der Waals surface area contributed by atoms with E-state index < -0.39 is 0 Å². The largest absolute Gasteiger partial charge is 0.356 e. The molecule has 0 saturated heterocycles. The van der Waals surface area contributed by atoms with Crippen LogP contribution in [-0.4, -0.2) is 15.1 Å². The second kappa shape index (κ2) is 6.45. The summed E-state index contributed by atoms with van der Waals surface area (Å²) in [5.74, 6) is 0.475. The lowest BCUT2D eigenvalue weighted by Gasteiger charge is -2.16. The minimum atomic E-state index is 0.0704. The molecule has 6 heteroatoms. The van der Waals surface area contributed by atoms with Gasteiger partial charge in [-0.3, -0.25) is 0 Å². The topological polar surface area (TPSA) is 49.8 Å². The Morgan fingerprint density at radius 3 is 2.47 bits per heavy atom. The normalized spacial score (nSPS) is 11.7. The van der Waals surface area contributed by atoms with Gasteiger partial charge in [-0.25, -0.2) is 9.97 Å². The van der Waals surface area contributed by atoms with Crippen molar-refractivity contribution in [2.45, 2.75) is 13.0 Å². The Morgan fingerprint density at radius 2 is 1.84 bits per heavy atom. The van der Waals surface area contributed by atoms with E-state index in [0.717, 1.165) is 5.56 Å². The zero-order chi connectivity index (χ0) is 13.7. The van der Waals surface area contributed by atoms with Crippen LogP contribution in [0.25, 0.3) is 0 Å². The van der Waals surface area contributed by atoms with Crippen LogP contribution in [0.5, 0.6) is 0 Å². The maximum atomic E-state index is 5.85. The van der Waals surface area contributed by atoms with Gasteiger partial charge in [0, 0.05) is 17.4 Å². The number of hydrogen-bond acceptors (Lipinski definition) is 3. The number of aromatic nitrogens is 2. The van der Waals surface area contributed by atoms with Gasteiger partial charge in [-0.15, -0.1) is 0 Å². The minimum absolute atomic E-state index is 0.0704. The van der Waals surface area contributed by atoms with Gasteiger partial charge in [0.25, 0.3) is 0 Å². The first-order valence-corrected chi connectivity index (χ1v) is 6.54. The molecule has 0 aliphatic rings. The molecule has 19 heavy (non-hydrogen) atoms. The van der Waals surface area contributed by atoms with E-state index >= 15 is 0 Å². The molecular formula is C13H13ClN4S. The second-order valence-electron chi connectivity index (χ2n) is 3.94. The van der Waals surface area contributed by atoms with Gasteiger partial charge >= 0.3 is 0 Å². The highest BCUT2D eigenvalue weighted by Crippen LogP contribution is 2.16. The van der Waals surface area contributed by atoms with E-state index in [0.29, 0.717) is 16.1 Å². The molecule has 4 nitrogen and oxygen atoms in total. The van der Waals surface area contributed by atoms with E-state index in [4.69, 9.17) is 23.8 Å². The zero-order valence-corrected chi connectivity index (χ0v) is 11.9. The van der Waals surface area contributed by atoms with Crippen molar-refractivity contribution in [3.63, 3.8) is 0 Å². The lowest BCUT2D eigenvalue weighted by Crippen LogP contribution is -2.31. The number of anilines is 1. The second-order valence-corrected chi connectivity index (χ2v) is 4.79. The van der Waals surface area contributed by atoms with Crippen molar-refractivity contribution >= 4 is 34.9 Å². The van der Waals surface area contributed by atoms with Gasteiger partial charge in [-0.05, 0) is 42.9 Å². The van der Waals surface area contributed by atoms with Crippen molar-refractivity contribution < 1.29 is 0 Å². The average Bonchev–Trinajstić information content (AvgIpc) is 2.40. The van der Waals surface area contributed by atoms with Crippen LogP contribution in [0.3, 0.4) is 0 Å². The highest BCUT2D eigenvalue weighted by atomic mass is 35.5. The van der Waals surface area contributed by atoms with E-state index in [1.807, 2.05) is 31.2 Å². The SMILES string of the molecule is CC(NC(=S)Nc1ncccn1)c1ccc(Cl)cc1. The standard InChI is InChI=1S/C13H13ClN4S/c1-9(10-3-5-11(14)6-4-10)17-13(19)18-12-15-7-2-8-16-12/h2-9H,1H3,(H2,15,16,17,18,19). The van der Waals surface area contributed by atoms with Crippen molar-refractivity contribution in [1.29, 1.82) is 0 Å². The van der Waals surface area contributed by atoms with Gasteiger partial charge in [-0.2, -0.15) is 0 Å². The highest BCUT2D eigenvalue weighted by molar-refractivity contribution is 7.80. The molecule has 1 unspecified atom stereocenters. The molecule has 0 spiro atoms. The van der Waals surface area contributed by atoms with E-state index in [9.17, 15) is 0 Å². The van der Waals surface area contributed by atoms with Crippen LogP contribution in [0.2, 0.25) is 5.02 Å². The number of hydrogen-bond donors (Lipinski definition) is 2. The van der Waals surface area contributed by atoms with E-state index in [1.165, 1.54) is 0 Å². The fourth-order valence-electron chi connectivity index (χ4n) is 1.53. The molecule has 2 N–H and O–H groups in total. The predicted molar refractivity (Wildman–Crippen MR) is 81.3 cm³/mol. The van der Waals surface area contributed by atoms with Gasteiger partial charge in [0.2, 0.25) is 5.95 Å². The molecule has 0 aliphatic heterocycles. The van der Waals surface area contributed by atoms with Crippen LogP contribution in [0.4, 0.5) is 5.95 Å². The summed E-state index contributed by atoms with van der Waals surface area (Å²) in [5.41, 5.74) is 1.10.